The third-order valence-corrected chi connectivity index (χ3v) is 7.33. The van der Waals surface area contributed by atoms with Crippen molar-refractivity contribution in [3.63, 3.8) is 0 Å². The zero-order valence-corrected chi connectivity index (χ0v) is 19.9. The number of benzene rings is 4. The van der Waals surface area contributed by atoms with Gasteiger partial charge in [0.05, 0.1) is 17.1 Å². The molecule has 180 valence electrons. The van der Waals surface area contributed by atoms with Crippen LogP contribution in [-0.4, -0.2) is 23.7 Å². The second-order valence-electron chi connectivity index (χ2n) is 8.43. The van der Waals surface area contributed by atoms with E-state index in [0.29, 0.717) is 11.1 Å². The fourth-order valence-corrected chi connectivity index (χ4v) is 5.09. The van der Waals surface area contributed by atoms with E-state index in [2.05, 4.69) is 4.72 Å². The number of phenols is 1. The van der Waals surface area contributed by atoms with Crippen LogP contribution in [0.25, 0.3) is 0 Å². The summed E-state index contributed by atoms with van der Waals surface area (Å²) in [5.74, 6) is -1.15. The number of aliphatic hydroxyl groups is 2. The Hall–Kier alpha value is -3.65. The van der Waals surface area contributed by atoms with E-state index < -0.39 is 28.1 Å². The molecule has 0 bridgehead atoms. The highest BCUT2D eigenvalue weighted by molar-refractivity contribution is 7.92. The van der Waals surface area contributed by atoms with Crippen molar-refractivity contribution in [2.24, 2.45) is 0 Å². The normalized spacial score (nSPS) is 14.1. The molecule has 0 saturated heterocycles. The molecule has 2 atom stereocenters. The molecule has 0 amide bonds. The molecule has 4 aromatic carbocycles. The van der Waals surface area contributed by atoms with Crippen molar-refractivity contribution in [1.82, 2.24) is 0 Å². The highest BCUT2D eigenvalue weighted by atomic mass is 32.2. The van der Waals surface area contributed by atoms with Gasteiger partial charge in [0.25, 0.3) is 10.0 Å². The SMILES string of the molecule is Cc1ccc(S(=O)(=O)Nc2ccc(O)c(C(C(O)c3ccccc3)C(O)c3ccccc3)c2)cc1. The first-order chi connectivity index (χ1) is 16.8. The molecule has 4 N–H and O–H groups in total. The van der Waals surface area contributed by atoms with Crippen molar-refractivity contribution >= 4 is 15.7 Å². The average Bonchev–Trinajstić information content (AvgIpc) is 2.87. The first-order valence-corrected chi connectivity index (χ1v) is 12.6. The number of anilines is 1. The van der Waals surface area contributed by atoms with Gasteiger partial charge in [0.15, 0.2) is 0 Å². The summed E-state index contributed by atoms with van der Waals surface area (Å²) in [7, 11) is -3.89. The molecule has 0 aromatic heterocycles. The number of hydrogen-bond acceptors (Lipinski definition) is 5. The maximum atomic E-state index is 12.9. The van der Waals surface area contributed by atoms with Crippen molar-refractivity contribution in [3.8, 4) is 5.75 Å². The molecule has 0 aliphatic rings. The molecule has 0 spiro atoms. The van der Waals surface area contributed by atoms with Crippen LogP contribution in [0.15, 0.2) is 108 Å². The third kappa shape index (κ3) is 5.54. The molecule has 0 aliphatic heterocycles. The number of rotatable bonds is 8. The first kappa shape index (κ1) is 24.5. The van der Waals surface area contributed by atoms with Gasteiger partial charge in [-0.2, -0.15) is 0 Å². The minimum Gasteiger partial charge on any atom is -0.508 e. The molecule has 0 heterocycles. The van der Waals surface area contributed by atoms with Crippen molar-refractivity contribution < 1.29 is 23.7 Å². The molecule has 4 rings (SSSR count). The van der Waals surface area contributed by atoms with Crippen LogP contribution in [0.2, 0.25) is 0 Å². The number of nitrogens with one attached hydrogen (secondary N) is 1. The second-order valence-corrected chi connectivity index (χ2v) is 10.1. The molecule has 0 saturated carbocycles. The Morgan fingerprint density at radius 3 is 1.74 bits per heavy atom. The molecule has 0 aliphatic carbocycles. The smallest absolute Gasteiger partial charge is 0.261 e. The molecule has 6 nitrogen and oxygen atoms in total. The van der Waals surface area contributed by atoms with Crippen molar-refractivity contribution in [1.29, 1.82) is 0 Å². The van der Waals surface area contributed by atoms with E-state index in [9.17, 15) is 23.7 Å². The van der Waals surface area contributed by atoms with Crippen LogP contribution < -0.4 is 4.72 Å². The van der Waals surface area contributed by atoms with Crippen LogP contribution in [0.1, 0.15) is 40.4 Å². The highest BCUT2D eigenvalue weighted by Gasteiger charge is 2.33. The predicted molar refractivity (Wildman–Crippen MR) is 136 cm³/mol. The molecular weight excluding hydrogens is 462 g/mol. The lowest BCUT2D eigenvalue weighted by Crippen LogP contribution is -2.20. The molecule has 2 unspecified atom stereocenters. The van der Waals surface area contributed by atoms with Crippen molar-refractivity contribution in [2.45, 2.75) is 29.9 Å². The van der Waals surface area contributed by atoms with Crippen LogP contribution >= 0.6 is 0 Å². The van der Waals surface area contributed by atoms with Gasteiger partial charge >= 0.3 is 0 Å². The average molecular weight is 490 g/mol. The monoisotopic (exact) mass is 489 g/mol. The highest BCUT2D eigenvalue weighted by Crippen LogP contribution is 2.44. The quantitative estimate of drug-likeness (QED) is 0.259. The van der Waals surface area contributed by atoms with Crippen LogP contribution in [0.3, 0.4) is 0 Å². The minimum atomic E-state index is -3.89. The number of phenolic OH excluding ortho intramolecular Hbond substituents is 1. The van der Waals surface area contributed by atoms with E-state index in [1.807, 2.05) is 19.1 Å². The lowest BCUT2D eigenvalue weighted by Gasteiger charge is -2.29. The summed E-state index contributed by atoms with van der Waals surface area (Å²) in [5.41, 5.74) is 2.45. The van der Waals surface area contributed by atoms with E-state index in [0.717, 1.165) is 5.56 Å². The fourth-order valence-electron chi connectivity index (χ4n) is 4.04. The minimum absolute atomic E-state index is 0.0999. The summed E-state index contributed by atoms with van der Waals surface area (Å²) in [6, 6.07) is 28.3. The van der Waals surface area contributed by atoms with Gasteiger partial charge in [-0.15, -0.1) is 0 Å². The number of aryl methyl sites for hydroxylation is 1. The van der Waals surface area contributed by atoms with Crippen molar-refractivity contribution in [3.05, 3.63) is 125 Å². The predicted octanol–water partition coefficient (Wildman–Crippen LogP) is 5.05. The Morgan fingerprint density at radius 1 is 0.714 bits per heavy atom. The number of aliphatic hydroxyl groups excluding tert-OH is 2. The van der Waals surface area contributed by atoms with Gasteiger partial charge in [-0.25, -0.2) is 8.42 Å². The molecule has 0 radical (unpaired) electrons. The summed E-state index contributed by atoms with van der Waals surface area (Å²) in [4.78, 5) is 0.0999. The molecule has 35 heavy (non-hydrogen) atoms. The largest absolute Gasteiger partial charge is 0.508 e. The van der Waals surface area contributed by atoms with E-state index in [4.69, 9.17) is 0 Å². The van der Waals surface area contributed by atoms with E-state index >= 15 is 0 Å². The van der Waals surface area contributed by atoms with E-state index in [1.165, 1.54) is 30.3 Å². The summed E-state index contributed by atoms with van der Waals surface area (Å²) < 4.78 is 28.4. The lowest BCUT2D eigenvalue weighted by atomic mass is 9.81. The van der Waals surface area contributed by atoms with Crippen molar-refractivity contribution in [2.75, 3.05) is 4.72 Å². The molecular formula is C28H27NO5S. The van der Waals surface area contributed by atoms with Crippen LogP contribution in [0, 0.1) is 6.92 Å². The summed E-state index contributed by atoms with van der Waals surface area (Å²) in [6.07, 6.45) is -2.36. The molecule has 0 fully saturated rings. The van der Waals surface area contributed by atoms with Gasteiger partial charge in [0.2, 0.25) is 0 Å². The molecule has 7 heteroatoms. The fraction of sp³-hybridized carbons (Fsp3) is 0.143. The van der Waals surface area contributed by atoms with Gasteiger partial charge in [-0.05, 0) is 48.4 Å². The van der Waals surface area contributed by atoms with Gasteiger partial charge in [0.1, 0.15) is 5.75 Å². The Bertz CT molecular complexity index is 1330. The maximum Gasteiger partial charge on any atom is 0.261 e. The Kier molecular flexibility index (Phi) is 7.21. The van der Waals surface area contributed by atoms with Crippen LogP contribution in [0.4, 0.5) is 5.69 Å². The summed E-state index contributed by atoms with van der Waals surface area (Å²) in [6.45, 7) is 1.87. The van der Waals surface area contributed by atoms with Gasteiger partial charge in [-0.1, -0.05) is 78.4 Å². The van der Waals surface area contributed by atoms with Crippen LogP contribution in [-0.2, 0) is 10.0 Å². The topological polar surface area (TPSA) is 107 Å². The number of aromatic hydroxyl groups is 1. The Balaban J connectivity index is 1.75. The zero-order chi connectivity index (χ0) is 25.0. The van der Waals surface area contributed by atoms with Gasteiger partial charge in [0, 0.05) is 17.2 Å². The standard InChI is InChI=1S/C28H27NO5S/c1-19-12-15-23(16-13-19)35(33,34)29-22-14-17-25(30)24(18-22)26(27(31)20-8-4-2-5-9-20)28(32)21-10-6-3-7-11-21/h2-18,26-32H,1H3. The third-order valence-electron chi connectivity index (χ3n) is 5.93. The lowest BCUT2D eigenvalue weighted by molar-refractivity contribution is 0.0502. The Morgan fingerprint density at radius 2 is 1.23 bits per heavy atom. The van der Waals surface area contributed by atoms with E-state index in [-0.39, 0.29) is 21.9 Å². The summed E-state index contributed by atoms with van der Waals surface area (Å²) in [5, 5.41) is 33.4. The zero-order valence-electron chi connectivity index (χ0n) is 19.1. The second kappa shape index (κ2) is 10.3. The number of sulfonamides is 1. The Labute approximate surface area is 205 Å². The van der Waals surface area contributed by atoms with Gasteiger partial charge < -0.3 is 15.3 Å². The van der Waals surface area contributed by atoms with Gasteiger partial charge in [-0.3, -0.25) is 4.72 Å². The first-order valence-electron chi connectivity index (χ1n) is 11.1. The molecule has 4 aromatic rings. The maximum absolute atomic E-state index is 12.9. The van der Waals surface area contributed by atoms with E-state index in [1.54, 1.807) is 60.7 Å². The van der Waals surface area contributed by atoms with Crippen LogP contribution in [0.5, 0.6) is 5.75 Å². The number of hydrogen-bond donors (Lipinski definition) is 4. The summed E-state index contributed by atoms with van der Waals surface area (Å²) >= 11 is 0.